The maximum atomic E-state index is 12.5. The van der Waals surface area contributed by atoms with Gasteiger partial charge in [0.15, 0.2) is 0 Å². The molecule has 0 radical (unpaired) electrons. The molecule has 1 heterocycles. The molecule has 0 fully saturated rings. The maximum Gasteiger partial charge on any atom is 0.275 e. The van der Waals surface area contributed by atoms with Crippen molar-refractivity contribution in [3.8, 4) is 0 Å². The van der Waals surface area contributed by atoms with Gasteiger partial charge in [-0.15, -0.1) is 11.3 Å². The topological polar surface area (TPSA) is 83.5 Å². The molecule has 1 aromatic carbocycles. The van der Waals surface area contributed by atoms with Crippen LogP contribution in [0, 0.1) is 13.8 Å². The Morgan fingerprint density at radius 3 is 2.12 bits per heavy atom. The molecule has 0 saturated heterocycles. The van der Waals surface area contributed by atoms with Gasteiger partial charge in [-0.05, 0) is 67.9 Å². The van der Waals surface area contributed by atoms with Crippen molar-refractivity contribution in [1.29, 1.82) is 0 Å². The third-order valence-electron chi connectivity index (χ3n) is 6.70. The number of hydrogen-bond acceptors (Lipinski definition) is 5. The van der Waals surface area contributed by atoms with Crippen LogP contribution in [0.5, 0.6) is 0 Å². The molecule has 1 aromatic heterocycles. The molecule has 2 aromatic rings. The number of carbonyl (C=O) groups is 1. The number of amides is 1. The molecular formula is C26H37NO4S2. The molecule has 0 saturated carbocycles. The Morgan fingerprint density at radius 1 is 1.03 bits per heavy atom. The molecule has 1 amide bonds. The summed E-state index contributed by atoms with van der Waals surface area (Å²) in [7, 11) is -3.63. The minimum Gasteiger partial charge on any atom is -0.386 e. The van der Waals surface area contributed by atoms with Crippen molar-refractivity contribution >= 4 is 33.3 Å². The molecule has 0 bridgehead atoms. The number of aliphatic hydroxyl groups is 1. The largest absolute Gasteiger partial charge is 0.386 e. The third kappa shape index (κ3) is 6.14. The SMILES string of the molecule is CCC(O)(/C=C/c1ccc(C(CC)(CC)c2cc(C)c(C(=O)NS(C)(=O)=O)s2)cc1C)CC. The zero-order chi connectivity index (χ0) is 25.0. The number of hydrogen-bond donors (Lipinski definition) is 2. The maximum absolute atomic E-state index is 12.5. The average molecular weight is 492 g/mol. The highest BCUT2D eigenvalue weighted by atomic mass is 32.2. The molecule has 0 atom stereocenters. The van der Waals surface area contributed by atoms with E-state index in [1.54, 1.807) is 0 Å². The fraction of sp³-hybridized carbons (Fsp3) is 0.500. The predicted molar refractivity (Wildman–Crippen MR) is 138 cm³/mol. The highest BCUT2D eigenvalue weighted by Gasteiger charge is 2.34. The average Bonchev–Trinajstić information content (AvgIpc) is 3.15. The predicted octanol–water partition coefficient (Wildman–Crippen LogP) is 5.72. The molecule has 0 unspecified atom stereocenters. The number of nitrogens with one attached hydrogen (secondary N) is 1. The van der Waals surface area contributed by atoms with Gasteiger partial charge in [-0.3, -0.25) is 4.79 Å². The van der Waals surface area contributed by atoms with Crippen molar-refractivity contribution in [2.24, 2.45) is 0 Å². The second kappa shape index (κ2) is 10.5. The van der Waals surface area contributed by atoms with Crippen LogP contribution in [0.2, 0.25) is 0 Å². The van der Waals surface area contributed by atoms with Gasteiger partial charge in [0.05, 0.1) is 16.7 Å². The van der Waals surface area contributed by atoms with Gasteiger partial charge in [0, 0.05) is 10.3 Å². The lowest BCUT2D eigenvalue weighted by Crippen LogP contribution is -2.29. The minimum atomic E-state index is -3.63. The monoisotopic (exact) mass is 491 g/mol. The summed E-state index contributed by atoms with van der Waals surface area (Å²) >= 11 is 1.37. The first kappa shape index (κ1) is 27.3. The molecule has 182 valence electrons. The minimum absolute atomic E-state index is 0.278. The lowest BCUT2D eigenvalue weighted by atomic mass is 9.74. The standard InChI is InChI=1S/C26H37NO4S2/c1-8-25(29,9-2)15-14-20-12-13-21(16-18(20)5)26(10-3,11-4)22-17-19(6)23(32-22)24(28)27-33(7,30)31/h12-17,29H,8-11H2,1-7H3,(H,27,28)/b15-14+. The second-order valence-electron chi connectivity index (χ2n) is 8.83. The molecule has 0 aliphatic heterocycles. The van der Waals surface area contributed by atoms with Crippen LogP contribution in [0.4, 0.5) is 0 Å². The van der Waals surface area contributed by atoms with Crippen molar-refractivity contribution in [3.05, 3.63) is 62.3 Å². The van der Waals surface area contributed by atoms with Gasteiger partial charge in [-0.25, -0.2) is 13.1 Å². The number of carbonyl (C=O) groups excluding carboxylic acids is 1. The zero-order valence-corrected chi connectivity index (χ0v) is 22.4. The van der Waals surface area contributed by atoms with E-state index in [9.17, 15) is 18.3 Å². The summed E-state index contributed by atoms with van der Waals surface area (Å²) in [5.41, 5.74) is 3.05. The van der Waals surface area contributed by atoms with Crippen molar-refractivity contribution in [3.63, 3.8) is 0 Å². The van der Waals surface area contributed by atoms with Crippen LogP contribution < -0.4 is 4.72 Å². The molecule has 0 aliphatic carbocycles. The first-order valence-electron chi connectivity index (χ1n) is 11.5. The highest BCUT2D eigenvalue weighted by Crippen LogP contribution is 2.44. The summed E-state index contributed by atoms with van der Waals surface area (Å²) in [6.07, 6.45) is 7.88. The summed E-state index contributed by atoms with van der Waals surface area (Å²) in [6, 6.07) is 8.42. The molecule has 0 spiro atoms. The van der Waals surface area contributed by atoms with E-state index in [-0.39, 0.29) is 5.41 Å². The molecule has 2 N–H and O–H groups in total. The van der Waals surface area contributed by atoms with Gasteiger partial charge in [0.25, 0.3) is 5.91 Å². The van der Waals surface area contributed by atoms with E-state index in [1.807, 2.05) is 39.0 Å². The molecule has 0 aliphatic rings. The van der Waals surface area contributed by atoms with E-state index in [0.29, 0.717) is 17.7 Å². The Balaban J connectivity index is 2.50. The summed E-state index contributed by atoms with van der Waals surface area (Å²) in [5.74, 6) is -0.580. The van der Waals surface area contributed by atoms with Crippen LogP contribution in [0.1, 0.15) is 90.2 Å². The number of thiophene rings is 1. The molecule has 33 heavy (non-hydrogen) atoms. The van der Waals surface area contributed by atoms with Gasteiger partial charge in [0.2, 0.25) is 10.0 Å². The van der Waals surface area contributed by atoms with Crippen LogP contribution >= 0.6 is 11.3 Å². The van der Waals surface area contributed by atoms with Gasteiger partial charge in [-0.1, -0.05) is 58.0 Å². The van der Waals surface area contributed by atoms with E-state index < -0.39 is 21.5 Å². The Kier molecular flexibility index (Phi) is 8.71. The normalized spacial score (nSPS) is 13.0. The molecule has 7 heteroatoms. The van der Waals surface area contributed by atoms with Crippen LogP contribution in [0.15, 0.2) is 30.3 Å². The molecule has 2 rings (SSSR count). The van der Waals surface area contributed by atoms with Crippen molar-refractivity contribution < 1.29 is 18.3 Å². The van der Waals surface area contributed by atoms with Gasteiger partial charge in [0.1, 0.15) is 0 Å². The smallest absolute Gasteiger partial charge is 0.275 e. The fourth-order valence-electron chi connectivity index (χ4n) is 4.20. The molecular weight excluding hydrogens is 454 g/mol. The molecule has 5 nitrogen and oxygen atoms in total. The lowest BCUT2D eigenvalue weighted by Gasteiger charge is -2.32. The first-order chi connectivity index (χ1) is 15.3. The summed E-state index contributed by atoms with van der Waals surface area (Å²) in [6.45, 7) is 12.2. The summed E-state index contributed by atoms with van der Waals surface area (Å²) in [4.78, 5) is 14.0. The second-order valence-corrected chi connectivity index (χ2v) is 11.6. The Hall–Kier alpha value is -1.96. The van der Waals surface area contributed by atoms with E-state index in [4.69, 9.17) is 0 Å². The highest BCUT2D eigenvalue weighted by molar-refractivity contribution is 7.89. The fourth-order valence-corrected chi connectivity index (χ4v) is 6.12. The zero-order valence-electron chi connectivity index (χ0n) is 20.8. The summed E-state index contributed by atoms with van der Waals surface area (Å²) in [5, 5.41) is 10.6. The van der Waals surface area contributed by atoms with E-state index in [2.05, 4.69) is 43.7 Å². The number of rotatable bonds is 10. The van der Waals surface area contributed by atoms with Gasteiger partial charge >= 0.3 is 0 Å². The van der Waals surface area contributed by atoms with Gasteiger partial charge in [-0.2, -0.15) is 0 Å². The Labute approximate surface area is 203 Å². The van der Waals surface area contributed by atoms with Crippen molar-refractivity contribution in [2.75, 3.05) is 6.26 Å². The van der Waals surface area contributed by atoms with Crippen LogP contribution in [-0.4, -0.2) is 31.3 Å². The van der Waals surface area contributed by atoms with Crippen LogP contribution in [-0.2, 0) is 15.4 Å². The lowest BCUT2D eigenvalue weighted by molar-refractivity contribution is 0.0836. The number of sulfonamides is 1. The third-order valence-corrected chi connectivity index (χ3v) is 8.70. The van der Waals surface area contributed by atoms with Gasteiger partial charge < -0.3 is 5.11 Å². The Bertz CT molecular complexity index is 1120. The quantitative estimate of drug-likeness (QED) is 0.445. The first-order valence-corrected chi connectivity index (χ1v) is 14.2. The van der Waals surface area contributed by atoms with Crippen molar-refractivity contribution in [2.45, 2.75) is 78.2 Å². The Morgan fingerprint density at radius 2 is 1.64 bits per heavy atom. The number of benzene rings is 1. The van der Waals surface area contributed by atoms with E-state index >= 15 is 0 Å². The van der Waals surface area contributed by atoms with Crippen LogP contribution in [0.25, 0.3) is 6.08 Å². The summed E-state index contributed by atoms with van der Waals surface area (Å²) < 4.78 is 25.2. The van der Waals surface area contributed by atoms with E-state index in [1.165, 1.54) is 16.9 Å². The van der Waals surface area contributed by atoms with Crippen LogP contribution in [0.3, 0.4) is 0 Å². The van der Waals surface area contributed by atoms with E-state index in [0.717, 1.165) is 40.7 Å². The number of aryl methyl sites for hydroxylation is 2. The van der Waals surface area contributed by atoms with Crippen molar-refractivity contribution in [1.82, 2.24) is 4.72 Å².